The quantitative estimate of drug-likeness (QED) is 0.601. The van der Waals surface area contributed by atoms with Crippen LogP contribution in [0.5, 0.6) is 0 Å². The van der Waals surface area contributed by atoms with E-state index >= 15 is 0 Å². The highest BCUT2D eigenvalue weighted by atomic mass is 16.6. The van der Waals surface area contributed by atoms with Gasteiger partial charge in [0.05, 0.1) is 4.92 Å². The van der Waals surface area contributed by atoms with Crippen molar-refractivity contribution in [2.24, 2.45) is 5.73 Å². The van der Waals surface area contributed by atoms with E-state index in [4.69, 9.17) is 5.73 Å². The van der Waals surface area contributed by atoms with Crippen LogP contribution in [0.15, 0.2) is 18.2 Å². The van der Waals surface area contributed by atoms with E-state index in [1.165, 1.54) is 6.07 Å². The summed E-state index contributed by atoms with van der Waals surface area (Å²) in [6.45, 7) is 6.43. The Morgan fingerprint density at radius 3 is 2.44 bits per heavy atom. The van der Waals surface area contributed by atoms with Gasteiger partial charge in [0, 0.05) is 18.2 Å². The van der Waals surface area contributed by atoms with Crippen LogP contribution in [0.25, 0.3) is 0 Å². The minimum atomic E-state index is -0.367. The molecule has 1 rings (SSSR count). The second kappa shape index (κ2) is 5.82. The zero-order valence-electron chi connectivity index (χ0n) is 11.2. The SMILES string of the molecule is CCC(CC)(CN)Nc1cc(C)ccc1[N+](=O)[O-]. The summed E-state index contributed by atoms with van der Waals surface area (Å²) in [7, 11) is 0. The van der Waals surface area contributed by atoms with E-state index in [2.05, 4.69) is 5.32 Å². The molecule has 3 N–H and O–H groups in total. The predicted octanol–water partition coefficient (Wildman–Crippen LogP) is 2.83. The molecule has 0 aliphatic carbocycles. The maximum atomic E-state index is 11.0. The van der Waals surface area contributed by atoms with Crippen molar-refractivity contribution in [3.05, 3.63) is 33.9 Å². The molecular formula is C13H21N3O2. The number of nitro groups is 1. The summed E-state index contributed by atoms with van der Waals surface area (Å²) in [6.07, 6.45) is 1.65. The molecule has 0 fully saturated rings. The van der Waals surface area contributed by atoms with Crippen molar-refractivity contribution in [1.29, 1.82) is 0 Å². The highest BCUT2D eigenvalue weighted by molar-refractivity contribution is 5.64. The van der Waals surface area contributed by atoms with Crippen LogP contribution < -0.4 is 11.1 Å². The van der Waals surface area contributed by atoms with Gasteiger partial charge in [-0.3, -0.25) is 10.1 Å². The Morgan fingerprint density at radius 1 is 1.39 bits per heavy atom. The minimum absolute atomic E-state index is 0.0975. The fraction of sp³-hybridized carbons (Fsp3) is 0.538. The molecule has 0 saturated heterocycles. The molecular weight excluding hydrogens is 230 g/mol. The fourth-order valence-electron chi connectivity index (χ4n) is 1.96. The van der Waals surface area contributed by atoms with Gasteiger partial charge in [0.15, 0.2) is 0 Å². The van der Waals surface area contributed by atoms with E-state index in [0.29, 0.717) is 12.2 Å². The van der Waals surface area contributed by atoms with Crippen molar-refractivity contribution in [2.75, 3.05) is 11.9 Å². The Morgan fingerprint density at radius 2 is 2.00 bits per heavy atom. The normalized spacial score (nSPS) is 11.3. The average Bonchev–Trinajstić information content (AvgIpc) is 2.36. The van der Waals surface area contributed by atoms with Gasteiger partial charge < -0.3 is 11.1 Å². The van der Waals surface area contributed by atoms with Gasteiger partial charge >= 0.3 is 0 Å². The second-order valence-corrected chi connectivity index (χ2v) is 4.59. The van der Waals surface area contributed by atoms with Crippen LogP contribution in [0.1, 0.15) is 32.3 Å². The Kier molecular flexibility index (Phi) is 4.67. The van der Waals surface area contributed by atoms with Crippen LogP contribution in [-0.4, -0.2) is 17.0 Å². The van der Waals surface area contributed by atoms with Crippen molar-refractivity contribution in [3.8, 4) is 0 Å². The van der Waals surface area contributed by atoms with Crippen LogP contribution in [0.3, 0.4) is 0 Å². The molecule has 0 unspecified atom stereocenters. The number of anilines is 1. The predicted molar refractivity (Wildman–Crippen MR) is 73.8 cm³/mol. The van der Waals surface area contributed by atoms with Gasteiger partial charge in [-0.2, -0.15) is 0 Å². The molecule has 5 heteroatoms. The van der Waals surface area contributed by atoms with Crippen molar-refractivity contribution < 1.29 is 4.92 Å². The summed E-state index contributed by atoms with van der Waals surface area (Å²) in [5.41, 5.74) is 7.16. The second-order valence-electron chi connectivity index (χ2n) is 4.59. The monoisotopic (exact) mass is 251 g/mol. The van der Waals surface area contributed by atoms with Crippen molar-refractivity contribution in [1.82, 2.24) is 0 Å². The molecule has 0 saturated carbocycles. The number of nitrogens with one attached hydrogen (secondary N) is 1. The Hall–Kier alpha value is -1.62. The fourth-order valence-corrected chi connectivity index (χ4v) is 1.96. The van der Waals surface area contributed by atoms with Crippen LogP contribution in [-0.2, 0) is 0 Å². The molecule has 18 heavy (non-hydrogen) atoms. The third-order valence-electron chi connectivity index (χ3n) is 3.49. The van der Waals surface area contributed by atoms with Gasteiger partial charge in [0.1, 0.15) is 5.69 Å². The molecule has 0 heterocycles. The van der Waals surface area contributed by atoms with E-state index in [1.54, 1.807) is 12.1 Å². The Bertz CT molecular complexity index is 420. The lowest BCUT2D eigenvalue weighted by atomic mass is 9.92. The van der Waals surface area contributed by atoms with Gasteiger partial charge in [-0.05, 0) is 31.4 Å². The topological polar surface area (TPSA) is 81.2 Å². The number of nitro benzene ring substituents is 1. The number of nitrogens with two attached hydrogens (primary N) is 1. The lowest BCUT2D eigenvalue weighted by molar-refractivity contribution is -0.384. The van der Waals surface area contributed by atoms with Gasteiger partial charge in [0.25, 0.3) is 5.69 Å². The summed E-state index contributed by atoms with van der Waals surface area (Å²) in [5, 5.41) is 14.3. The standard InChI is InChI=1S/C13H21N3O2/c1-4-13(5-2,9-14)15-11-8-10(3)6-7-12(11)16(17)18/h6-8,15H,4-5,9,14H2,1-3H3. The highest BCUT2D eigenvalue weighted by Gasteiger charge is 2.27. The van der Waals surface area contributed by atoms with E-state index in [1.807, 2.05) is 20.8 Å². The van der Waals surface area contributed by atoms with E-state index in [9.17, 15) is 10.1 Å². The number of rotatable bonds is 6. The lowest BCUT2D eigenvalue weighted by Crippen LogP contribution is -2.44. The molecule has 1 aromatic rings. The third kappa shape index (κ3) is 2.98. The number of hydrogen-bond donors (Lipinski definition) is 2. The number of nitrogens with zero attached hydrogens (tertiary/aromatic N) is 1. The minimum Gasteiger partial charge on any atom is -0.373 e. The van der Waals surface area contributed by atoms with Crippen LogP contribution >= 0.6 is 0 Å². The van der Waals surface area contributed by atoms with Gasteiger partial charge in [-0.15, -0.1) is 0 Å². The average molecular weight is 251 g/mol. The molecule has 0 bridgehead atoms. The first kappa shape index (κ1) is 14.4. The molecule has 1 aromatic carbocycles. The molecule has 0 aromatic heterocycles. The number of benzene rings is 1. The third-order valence-corrected chi connectivity index (χ3v) is 3.49. The smallest absolute Gasteiger partial charge is 0.292 e. The molecule has 0 spiro atoms. The van der Waals surface area contributed by atoms with Crippen molar-refractivity contribution >= 4 is 11.4 Å². The molecule has 100 valence electrons. The summed E-state index contributed by atoms with van der Waals surface area (Å²) in [4.78, 5) is 10.7. The van der Waals surface area contributed by atoms with E-state index in [-0.39, 0.29) is 16.1 Å². The van der Waals surface area contributed by atoms with Gasteiger partial charge in [0.2, 0.25) is 0 Å². The molecule has 0 atom stereocenters. The molecule has 0 aliphatic rings. The van der Waals surface area contributed by atoms with E-state index in [0.717, 1.165) is 18.4 Å². The van der Waals surface area contributed by atoms with Crippen LogP contribution in [0.2, 0.25) is 0 Å². The first-order valence-electron chi connectivity index (χ1n) is 6.21. The van der Waals surface area contributed by atoms with Crippen LogP contribution in [0, 0.1) is 17.0 Å². The Balaban J connectivity index is 3.16. The maximum absolute atomic E-state index is 11.0. The lowest BCUT2D eigenvalue weighted by Gasteiger charge is -2.32. The summed E-state index contributed by atoms with van der Waals surface area (Å²) in [6, 6.07) is 5.07. The first-order valence-corrected chi connectivity index (χ1v) is 6.21. The summed E-state index contributed by atoms with van der Waals surface area (Å²) in [5.74, 6) is 0. The molecule has 0 aliphatic heterocycles. The van der Waals surface area contributed by atoms with Gasteiger partial charge in [-0.1, -0.05) is 19.9 Å². The number of aryl methyl sites for hydroxylation is 1. The zero-order chi connectivity index (χ0) is 13.8. The maximum Gasteiger partial charge on any atom is 0.292 e. The molecule has 0 amide bonds. The number of hydrogen-bond acceptors (Lipinski definition) is 4. The molecule has 5 nitrogen and oxygen atoms in total. The van der Waals surface area contributed by atoms with Crippen LogP contribution in [0.4, 0.5) is 11.4 Å². The van der Waals surface area contributed by atoms with Gasteiger partial charge in [-0.25, -0.2) is 0 Å². The zero-order valence-corrected chi connectivity index (χ0v) is 11.2. The Labute approximate surface area is 108 Å². The molecule has 0 radical (unpaired) electrons. The largest absolute Gasteiger partial charge is 0.373 e. The van der Waals surface area contributed by atoms with Crippen molar-refractivity contribution in [3.63, 3.8) is 0 Å². The van der Waals surface area contributed by atoms with E-state index < -0.39 is 0 Å². The highest BCUT2D eigenvalue weighted by Crippen LogP contribution is 2.30. The summed E-state index contributed by atoms with van der Waals surface area (Å²) < 4.78 is 0. The van der Waals surface area contributed by atoms with Crippen molar-refractivity contribution in [2.45, 2.75) is 39.2 Å². The summed E-state index contributed by atoms with van der Waals surface area (Å²) >= 11 is 0. The first-order chi connectivity index (χ1) is 8.48.